The molecule has 1 fully saturated rings. The van der Waals surface area contributed by atoms with Crippen molar-refractivity contribution in [3.8, 4) is 0 Å². The SMILES string of the molecule is CCCNC1CCCCCC1S(=O)(=O)CC(C)CC. The van der Waals surface area contributed by atoms with Crippen LogP contribution < -0.4 is 5.32 Å². The van der Waals surface area contributed by atoms with Crippen molar-refractivity contribution < 1.29 is 8.42 Å². The highest BCUT2D eigenvalue weighted by Crippen LogP contribution is 2.25. The van der Waals surface area contributed by atoms with E-state index in [4.69, 9.17) is 0 Å². The lowest BCUT2D eigenvalue weighted by atomic mass is 10.1. The van der Waals surface area contributed by atoms with Gasteiger partial charge in [0.25, 0.3) is 0 Å². The van der Waals surface area contributed by atoms with E-state index in [1.165, 1.54) is 6.42 Å². The topological polar surface area (TPSA) is 46.2 Å². The largest absolute Gasteiger partial charge is 0.313 e. The summed E-state index contributed by atoms with van der Waals surface area (Å²) in [5.41, 5.74) is 0. The molecule has 0 amide bonds. The molecule has 1 aliphatic rings. The molecule has 3 unspecified atom stereocenters. The van der Waals surface area contributed by atoms with Gasteiger partial charge in [-0.15, -0.1) is 0 Å². The molecule has 0 aromatic carbocycles. The summed E-state index contributed by atoms with van der Waals surface area (Å²) in [5.74, 6) is 0.637. The zero-order valence-corrected chi connectivity index (χ0v) is 13.6. The molecule has 0 aromatic heterocycles. The van der Waals surface area contributed by atoms with Crippen LogP contribution in [0.25, 0.3) is 0 Å². The van der Waals surface area contributed by atoms with E-state index in [1.807, 2.05) is 6.92 Å². The van der Waals surface area contributed by atoms with Crippen molar-refractivity contribution >= 4 is 9.84 Å². The molecule has 1 N–H and O–H groups in total. The van der Waals surface area contributed by atoms with Gasteiger partial charge in [-0.1, -0.05) is 46.5 Å². The lowest BCUT2D eigenvalue weighted by Gasteiger charge is -2.27. The summed E-state index contributed by atoms with van der Waals surface area (Å²) in [6.07, 6.45) is 7.28. The third-order valence-corrected chi connectivity index (χ3v) is 6.80. The smallest absolute Gasteiger partial charge is 0.154 e. The van der Waals surface area contributed by atoms with Crippen molar-refractivity contribution in [3.05, 3.63) is 0 Å². The summed E-state index contributed by atoms with van der Waals surface area (Å²) in [4.78, 5) is 0. The Morgan fingerprint density at radius 1 is 1.16 bits per heavy atom. The highest BCUT2D eigenvalue weighted by Gasteiger charge is 2.34. The molecule has 1 saturated carbocycles. The van der Waals surface area contributed by atoms with Gasteiger partial charge in [-0.2, -0.15) is 0 Å². The van der Waals surface area contributed by atoms with Crippen molar-refractivity contribution in [2.75, 3.05) is 12.3 Å². The molecule has 0 saturated heterocycles. The molecule has 0 heterocycles. The Kier molecular flexibility index (Phi) is 7.37. The maximum absolute atomic E-state index is 12.6. The predicted molar refractivity (Wildman–Crippen MR) is 82.2 cm³/mol. The molecule has 0 aliphatic heterocycles. The highest BCUT2D eigenvalue weighted by atomic mass is 32.2. The molecule has 0 bridgehead atoms. The van der Waals surface area contributed by atoms with Crippen LogP contribution in [-0.4, -0.2) is 32.0 Å². The van der Waals surface area contributed by atoms with Crippen LogP contribution in [0.5, 0.6) is 0 Å². The molecule has 1 aliphatic carbocycles. The number of nitrogens with one attached hydrogen (secondary N) is 1. The summed E-state index contributed by atoms with van der Waals surface area (Å²) in [6.45, 7) is 7.18. The normalized spacial score (nSPS) is 26.9. The second-order valence-electron chi connectivity index (χ2n) is 6.08. The molecule has 0 aromatic rings. The monoisotopic (exact) mass is 289 g/mol. The highest BCUT2D eigenvalue weighted by molar-refractivity contribution is 7.92. The van der Waals surface area contributed by atoms with Gasteiger partial charge in [0, 0.05) is 6.04 Å². The fourth-order valence-electron chi connectivity index (χ4n) is 2.90. The third-order valence-electron chi connectivity index (χ3n) is 4.28. The van der Waals surface area contributed by atoms with E-state index in [0.717, 1.165) is 45.1 Å². The third kappa shape index (κ3) is 5.42. The minimum atomic E-state index is -2.96. The van der Waals surface area contributed by atoms with E-state index < -0.39 is 9.84 Å². The van der Waals surface area contributed by atoms with Gasteiger partial charge in [0.05, 0.1) is 11.0 Å². The lowest BCUT2D eigenvalue weighted by molar-refractivity contribution is 0.446. The van der Waals surface area contributed by atoms with Crippen LogP contribution in [0.2, 0.25) is 0 Å². The molecular weight excluding hydrogens is 258 g/mol. The van der Waals surface area contributed by atoms with E-state index in [0.29, 0.717) is 5.75 Å². The van der Waals surface area contributed by atoms with Gasteiger partial charge < -0.3 is 5.32 Å². The Labute approximate surface area is 119 Å². The Bertz CT molecular complexity index is 340. The first-order valence-electron chi connectivity index (χ1n) is 7.96. The first kappa shape index (κ1) is 17.0. The Morgan fingerprint density at radius 2 is 1.84 bits per heavy atom. The van der Waals surface area contributed by atoms with Gasteiger partial charge >= 0.3 is 0 Å². The van der Waals surface area contributed by atoms with Crippen LogP contribution in [0.1, 0.15) is 65.7 Å². The minimum Gasteiger partial charge on any atom is -0.313 e. The zero-order chi connectivity index (χ0) is 14.3. The fourth-order valence-corrected chi connectivity index (χ4v) is 5.44. The van der Waals surface area contributed by atoms with Crippen molar-refractivity contribution in [2.45, 2.75) is 77.0 Å². The molecule has 4 heteroatoms. The minimum absolute atomic E-state index is 0.157. The summed E-state index contributed by atoms with van der Waals surface area (Å²) >= 11 is 0. The molecule has 19 heavy (non-hydrogen) atoms. The average molecular weight is 289 g/mol. The summed E-state index contributed by atoms with van der Waals surface area (Å²) in [7, 11) is -2.96. The van der Waals surface area contributed by atoms with E-state index >= 15 is 0 Å². The number of sulfone groups is 1. The van der Waals surface area contributed by atoms with E-state index in [9.17, 15) is 8.42 Å². The molecule has 1 rings (SSSR count). The molecule has 0 spiro atoms. The first-order valence-corrected chi connectivity index (χ1v) is 9.67. The van der Waals surface area contributed by atoms with Crippen LogP contribution in [0.4, 0.5) is 0 Å². The Morgan fingerprint density at radius 3 is 2.47 bits per heavy atom. The molecule has 0 radical (unpaired) electrons. The van der Waals surface area contributed by atoms with Crippen LogP contribution in [0, 0.1) is 5.92 Å². The van der Waals surface area contributed by atoms with E-state index in [1.54, 1.807) is 0 Å². The second kappa shape index (κ2) is 8.25. The Hall–Kier alpha value is -0.0900. The Balaban J connectivity index is 2.77. The van der Waals surface area contributed by atoms with Crippen LogP contribution in [0.15, 0.2) is 0 Å². The maximum atomic E-state index is 12.6. The molecule has 114 valence electrons. The van der Waals surface area contributed by atoms with Crippen LogP contribution >= 0.6 is 0 Å². The first-order chi connectivity index (χ1) is 9.01. The molecule has 3 atom stereocenters. The van der Waals surface area contributed by atoms with Gasteiger partial charge in [-0.05, 0) is 31.7 Å². The van der Waals surface area contributed by atoms with Gasteiger partial charge in [-0.3, -0.25) is 0 Å². The van der Waals surface area contributed by atoms with Crippen molar-refractivity contribution in [3.63, 3.8) is 0 Å². The number of hydrogen-bond acceptors (Lipinski definition) is 3. The van der Waals surface area contributed by atoms with Gasteiger partial charge in [0.15, 0.2) is 9.84 Å². The summed E-state index contributed by atoms with van der Waals surface area (Å²) in [5, 5.41) is 3.32. The predicted octanol–water partition coefficient (Wildman–Crippen LogP) is 3.15. The average Bonchev–Trinajstić information content (AvgIpc) is 2.61. The molecule has 3 nitrogen and oxygen atoms in total. The standard InChI is InChI=1S/C15H31NO2S/c1-4-11-16-14-9-7-6-8-10-15(14)19(17,18)12-13(3)5-2/h13-16H,4-12H2,1-3H3. The van der Waals surface area contributed by atoms with E-state index in [-0.39, 0.29) is 17.2 Å². The number of rotatable bonds is 7. The zero-order valence-electron chi connectivity index (χ0n) is 12.8. The summed E-state index contributed by atoms with van der Waals surface area (Å²) < 4.78 is 25.3. The lowest BCUT2D eigenvalue weighted by Crippen LogP contribution is -2.45. The van der Waals surface area contributed by atoms with Gasteiger partial charge in [-0.25, -0.2) is 8.42 Å². The van der Waals surface area contributed by atoms with Crippen LogP contribution in [-0.2, 0) is 9.84 Å². The van der Waals surface area contributed by atoms with Gasteiger partial charge in [0.1, 0.15) is 0 Å². The molecular formula is C15H31NO2S. The maximum Gasteiger partial charge on any atom is 0.154 e. The van der Waals surface area contributed by atoms with Crippen molar-refractivity contribution in [1.82, 2.24) is 5.32 Å². The second-order valence-corrected chi connectivity index (χ2v) is 8.34. The van der Waals surface area contributed by atoms with Crippen molar-refractivity contribution in [1.29, 1.82) is 0 Å². The quantitative estimate of drug-likeness (QED) is 0.732. The van der Waals surface area contributed by atoms with E-state index in [2.05, 4.69) is 19.2 Å². The van der Waals surface area contributed by atoms with Crippen molar-refractivity contribution in [2.24, 2.45) is 5.92 Å². The van der Waals surface area contributed by atoms with Gasteiger partial charge in [0.2, 0.25) is 0 Å². The fraction of sp³-hybridized carbons (Fsp3) is 1.00. The summed E-state index contributed by atoms with van der Waals surface area (Å²) in [6, 6.07) is 0.177. The number of hydrogen-bond donors (Lipinski definition) is 1. The van der Waals surface area contributed by atoms with Crippen LogP contribution in [0.3, 0.4) is 0 Å².